The minimum atomic E-state index is -0.364. The van der Waals surface area contributed by atoms with Crippen LogP contribution in [-0.2, 0) is 6.54 Å². The number of carbonyl (C=O) groups excluding carboxylic acids is 1. The van der Waals surface area contributed by atoms with Crippen LogP contribution in [0.3, 0.4) is 0 Å². The maximum atomic E-state index is 12.1. The number of hydrogen-bond donors (Lipinski definition) is 2. The first-order valence-electron chi connectivity index (χ1n) is 5.22. The van der Waals surface area contributed by atoms with Crippen molar-refractivity contribution in [2.24, 2.45) is 0 Å². The molecule has 0 saturated carbocycles. The van der Waals surface area contributed by atoms with E-state index in [4.69, 9.17) is 0 Å². The Hall–Kier alpha value is -2.08. The Kier molecular flexibility index (Phi) is 3.47. The predicted molar refractivity (Wildman–Crippen MR) is 67.7 cm³/mol. The Balaban J connectivity index is 2.17. The Labute approximate surface area is 108 Å². The molecule has 0 radical (unpaired) electrons. The highest BCUT2D eigenvalue weighted by atomic mass is 32.1. The molecule has 0 spiro atoms. The number of benzene rings is 1. The molecule has 6 heteroatoms. The van der Waals surface area contributed by atoms with E-state index >= 15 is 0 Å². The van der Waals surface area contributed by atoms with Gasteiger partial charge < -0.3 is 15.1 Å². The summed E-state index contributed by atoms with van der Waals surface area (Å²) in [5, 5.41) is 20.8. The van der Waals surface area contributed by atoms with Crippen LogP contribution in [0.4, 0.5) is 0 Å². The molecule has 1 amide bonds. The third-order valence-electron chi connectivity index (χ3n) is 2.44. The number of thiazole rings is 1. The van der Waals surface area contributed by atoms with Gasteiger partial charge in [-0.1, -0.05) is 0 Å². The van der Waals surface area contributed by atoms with Crippen LogP contribution in [0.2, 0.25) is 0 Å². The van der Waals surface area contributed by atoms with E-state index in [1.165, 1.54) is 34.4 Å². The lowest BCUT2D eigenvalue weighted by molar-refractivity contribution is 0.0780. The van der Waals surface area contributed by atoms with Crippen molar-refractivity contribution >= 4 is 17.2 Å². The van der Waals surface area contributed by atoms with Crippen molar-refractivity contribution in [2.75, 3.05) is 7.05 Å². The number of nitrogens with zero attached hydrogens (tertiary/aromatic N) is 2. The topological polar surface area (TPSA) is 73.7 Å². The molecule has 2 N–H and O–H groups in total. The van der Waals surface area contributed by atoms with Gasteiger partial charge in [-0.05, 0) is 18.2 Å². The molecule has 0 bridgehead atoms. The fraction of sp³-hybridized carbons (Fsp3) is 0.167. The summed E-state index contributed by atoms with van der Waals surface area (Å²) in [6, 6.07) is 3.86. The third-order valence-corrected chi connectivity index (χ3v) is 3.08. The van der Waals surface area contributed by atoms with Gasteiger partial charge in [0, 0.05) is 12.4 Å². The van der Waals surface area contributed by atoms with Crippen LogP contribution >= 0.6 is 11.3 Å². The van der Waals surface area contributed by atoms with Crippen molar-refractivity contribution in [1.29, 1.82) is 0 Å². The number of rotatable bonds is 3. The largest absolute Gasteiger partial charge is 0.508 e. The molecular weight excluding hydrogens is 252 g/mol. The molecule has 18 heavy (non-hydrogen) atoms. The molecular formula is C12H12N2O3S. The van der Waals surface area contributed by atoms with Crippen molar-refractivity contribution < 1.29 is 15.0 Å². The maximum absolute atomic E-state index is 12.1. The minimum absolute atomic E-state index is 0.0572. The summed E-state index contributed by atoms with van der Waals surface area (Å²) in [6.45, 7) is 0.359. The number of aromatic hydroxyl groups is 2. The fourth-order valence-electron chi connectivity index (χ4n) is 1.53. The lowest BCUT2D eigenvalue weighted by Gasteiger charge is -2.16. The van der Waals surface area contributed by atoms with E-state index < -0.39 is 0 Å². The van der Waals surface area contributed by atoms with Crippen molar-refractivity contribution in [1.82, 2.24) is 9.88 Å². The molecule has 0 aliphatic carbocycles. The van der Waals surface area contributed by atoms with Crippen molar-refractivity contribution in [2.45, 2.75) is 6.54 Å². The molecule has 1 aromatic carbocycles. The smallest absolute Gasteiger partial charge is 0.257 e. The molecule has 0 unspecified atom stereocenters. The maximum Gasteiger partial charge on any atom is 0.257 e. The van der Waals surface area contributed by atoms with E-state index in [0.717, 1.165) is 5.69 Å². The summed E-state index contributed by atoms with van der Waals surface area (Å²) in [7, 11) is 1.62. The van der Waals surface area contributed by atoms with Gasteiger partial charge in [-0.3, -0.25) is 4.79 Å². The zero-order chi connectivity index (χ0) is 13.1. The second-order valence-corrected chi connectivity index (χ2v) is 4.56. The zero-order valence-electron chi connectivity index (χ0n) is 9.70. The number of carbonyl (C=O) groups is 1. The van der Waals surface area contributed by atoms with E-state index in [0.29, 0.717) is 6.54 Å². The summed E-state index contributed by atoms with van der Waals surface area (Å²) in [5.41, 5.74) is 2.56. The van der Waals surface area contributed by atoms with Crippen LogP contribution in [0, 0.1) is 0 Å². The lowest BCUT2D eigenvalue weighted by Crippen LogP contribution is -2.26. The molecule has 0 saturated heterocycles. The molecule has 1 aromatic heterocycles. The first-order chi connectivity index (χ1) is 8.58. The van der Waals surface area contributed by atoms with Gasteiger partial charge in [0.15, 0.2) is 0 Å². The summed E-state index contributed by atoms with van der Waals surface area (Å²) in [5.74, 6) is -0.572. The highest BCUT2D eigenvalue weighted by molar-refractivity contribution is 7.07. The first kappa shape index (κ1) is 12.4. The van der Waals surface area contributed by atoms with Gasteiger partial charge in [0.05, 0.1) is 23.3 Å². The Bertz CT molecular complexity index is 554. The Morgan fingerprint density at radius 2 is 2.22 bits per heavy atom. The fourth-order valence-corrected chi connectivity index (χ4v) is 2.08. The zero-order valence-corrected chi connectivity index (χ0v) is 10.5. The quantitative estimate of drug-likeness (QED) is 0.829. The van der Waals surface area contributed by atoms with Gasteiger partial charge in [0.25, 0.3) is 5.91 Å². The van der Waals surface area contributed by atoms with Gasteiger partial charge >= 0.3 is 0 Å². The summed E-state index contributed by atoms with van der Waals surface area (Å²) < 4.78 is 0. The number of amides is 1. The number of phenols is 2. The van der Waals surface area contributed by atoms with Gasteiger partial charge in [0.2, 0.25) is 0 Å². The van der Waals surface area contributed by atoms with Gasteiger partial charge in [-0.2, -0.15) is 0 Å². The normalized spacial score (nSPS) is 10.3. The molecule has 2 aromatic rings. The Morgan fingerprint density at radius 3 is 2.89 bits per heavy atom. The average Bonchev–Trinajstić information content (AvgIpc) is 2.84. The third kappa shape index (κ3) is 2.60. The molecule has 94 valence electrons. The monoisotopic (exact) mass is 264 g/mol. The summed E-state index contributed by atoms with van der Waals surface area (Å²) >= 11 is 1.46. The minimum Gasteiger partial charge on any atom is -0.508 e. The highest BCUT2D eigenvalue weighted by Crippen LogP contribution is 2.23. The second kappa shape index (κ2) is 5.05. The van der Waals surface area contributed by atoms with E-state index in [1.807, 2.05) is 5.38 Å². The molecule has 2 rings (SSSR count). The molecule has 0 fully saturated rings. The van der Waals surface area contributed by atoms with Crippen LogP contribution in [0.25, 0.3) is 0 Å². The molecule has 5 nitrogen and oxygen atoms in total. The van der Waals surface area contributed by atoms with E-state index in [1.54, 1.807) is 12.6 Å². The number of phenolic OH excluding ortho intramolecular Hbond substituents is 2. The van der Waals surface area contributed by atoms with Crippen LogP contribution in [0.1, 0.15) is 16.1 Å². The SMILES string of the molecule is CN(Cc1cscn1)C(=O)c1cc(O)ccc1O. The lowest BCUT2D eigenvalue weighted by atomic mass is 10.1. The number of hydrogen-bond acceptors (Lipinski definition) is 5. The first-order valence-corrected chi connectivity index (χ1v) is 6.16. The summed E-state index contributed by atoms with van der Waals surface area (Å²) in [6.07, 6.45) is 0. The molecule has 0 atom stereocenters. The standard InChI is InChI=1S/C12H12N2O3S/c1-14(5-8-6-18-7-13-8)12(17)10-4-9(15)2-3-11(10)16/h2-4,6-7,15-16H,5H2,1H3. The predicted octanol–water partition coefficient (Wildman–Crippen LogP) is 1.83. The number of aromatic nitrogens is 1. The van der Waals surface area contributed by atoms with Gasteiger partial charge in [-0.25, -0.2) is 4.98 Å². The van der Waals surface area contributed by atoms with Crippen molar-refractivity contribution in [3.8, 4) is 11.5 Å². The highest BCUT2D eigenvalue weighted by Gasteiger charge is 2.17. The van der Waals surface area contributed by atoms with Crippen LogP contribution in [0.5, 0.6) is 11.5 Å². The van der Waals surface area contributed by atoms with Crippen LogP contribution in [-0.4, -0.2) is 33.1 Å². The van der Waals surface area contributed by atoms with Gasteiger partial charge in [0.1, 0.15) is 11.5 Å². The van der Waals surface area contributed by atoms with E-state index in [9.17, 15) is 15.0 Å². The summed E-state index contributed by atoms with van der Waals surface area (Å²) in [4.78, 5) is 17.6. The van der Waals surface area contributed by atoms with Gasteiger partial charge in [-0.15, -0.1) is 11.3 Å². The van der Waals surface area contributed by atoms with Crippen LogP contribution in [0.15, 0.2) is 29.1 Å². The molecule has 0 aliphatic rings. The van der Waals surface area contributed by atoms with E-state index in [2.05, 4.69) is 4.98 Å². The average molecular weight is 264 g/mol. The van der Waals surface area contributed by atoms with Crippen molar-refractivity contribution in [3.63, 3.8) is 0 Å². The van der Waals surface area contributed by atoms with Crippen LogP contribution < -0.4 is 0 Å². The second-order valence-electron chi connectivity index (χ2n) is 3.84. The van der Waals surface area contributed by atoms with E-state index in [-0.39, 0.29) is 23.0 Å². The molecule has 0 aliphatic heterocycles. The Morgan fingerprint density at radius 1 is 1.44 bits per heavy atom. The molecule has 1 heterocycles. The van der Waals surface area contributed by atoms with Crippen molar-refractivity contribution in [3.05, 3.63) is 40.3 Å².